The molecule has 0 saturated heterocycles. The van der Waals surface area contributed by atoms with E-state index in [1.807, 2.05) is 0 Å². The molecule has 1 amide bonds. The molecule has 1 aromatic rings. The lowest BCUT2D eigenvalue weighted by atomic mass is 10.0. The third-order valence-electron chi connectivity index (χ3n) is 2.34. The van der Waals surface area contributed by atoms with E-state index in [4.69, 9.17) is 5.11 Å². The summed E-state index contributed by atoms with van der Waals surface area (Å²) in [5.74, 6) is -1.63. The third kappa shape index (κ3) is 4.37. The number of carbonyl (C=O) groups is 2. The molecule has 0 aliphatic rings. The van der Waals surface area contributed by atoms with Gasteiger partial charge < -0.3 is 10.4 Å². The lowest BCUT2D eigenvalue weighted by Gasteiger charge is -2.16. The number of hydrogen-bond acceptors (Lipinski definition) is 3. The van der Waals surface area contributed by atoms with E-state index in [1.54, 1.807) is 44.4 Å². The van der Waals surface area contributed by atoms with E-state index < -0.39 is 17.9 Å². The highest BCUT2D eigenvalue weighted by Crippen LogP contribution is 2.02. The maximum Gasteiger partial charge on any atom is 0.326 e. The quantitative estimate of drug-likeness (QED) is 0.770. The van der Waals surface area contributed by atoms with Gasteiger partial charge in [-0.3, -0.25) is 9.78 Å². The van der Waals surface area contributed by atoms with Crippen LogP contribution in [-0.2, 0) is 9.59 Å². The minimum absolute atomic E-state index is 0.168. The fourth-order valence-electron chi connectivity index (χ4n) is 1.36. The molecule has 0 unspecified atom stereocenters. The highest BCUT2D eigenvalue weighted by Gasteiger charge is 2.22. The van der Waals surface area contributed by atoms with E-state index in [0.717, 1.165) is 5.56 Å². The Kier molecular flexibility index (Phi) is 5.05. The Hall–Kier alpha value is -2.17. The minimum atomic E-state index is -1.03. The van der Waals surface area contributed by atoms with Gasteiger partial charge in [-0.1, -0.05) is 19.9 Å². The van der Waals surface area contributed by atoms with Crippen LogP contribution in [0.4, 0.5) is 0 Å². The van der Waals surface area contributed by atoms with Crippen molar-refractivity contribution in [3.63, 3.8) is 0 Å². The van der Waals surface area contributed by atoms with E-state index in [0.29, 0.717) is 0 Å². The molecule has 5 heteroatoms. The van der Waals surface area contributed by atoms with Crippen molar-refractivity contribution >= 4 is 18.0 Å². The van der Waals surface area contributed by atoms with Gasteiger partial charge in [-0.2, -0.15) is 0 Å². The summed E-state index contributed by atoms with van der Waals surface area (Å²) < 4.78 is 0. The van der Waals surface area contributed by atoms with Crippen molar-refractivity contribution < 1.29 is 14.7 Å². The van der Waals surface area contributed by atoms with Crippen molar-refractivity contribution in [3.05, 3.63) is 36.2 Å². The first kappa shape index (κ1) is 13.9. The van der Waals surface area contributed by atoms with E-state index in [-0.39, 0.29) is 5.92 Å². The highest BCUT2D eigenvalue weighted by atomic mass is 16.4. The Morgan fingerprint density at radius 2 is 2.17 bits per heavy atom. The number of rotatable bonds is 5. The normalized spacial score (nSPS) is 12.6. The van der Waals surface area contributed by atoms with E-state index in [9.17, 15) is 9.59 Å². The summed E-state index contributed by atoms with van der Waals surface area (Å²) in [7, 11) is 0. The molecule has 1 heterocycles. The fourth-order valence-corrected chi connectivity index (χ4v) is 1.36. The molecule has 0 aromatic carbocycles. The fraction of sp³-hybridized carbons (Fsp3) is 0.308. The molecule has 96 valence electrons. The highest BCUT2D eigenvalue weighted by molar-refractivity contribution is 5.94. The first-order valence-electron chi connectivity index (χ1n) is 5.62. The van der Waals surface area contributed by atoms with Gasteiger partial charge in [-0.15, -0.1) is 0 Å². The van der Waals surface area contributed by atoms with Crippen LogP contribution in [0.15, 0.2) is 30.6 Å². The zero-order valence-electron chi connectivity index (χ0n) is 10.3. The van der Waals surface area contributed by atoms with Crippen molar-refractivity contribution in [1.82, 2.24) is 10.3 Å². The number of carboxylic acids is 1. The molecule has 0 fully saturated rings. The van der Waals surface area contributed by atoms with Crippen LogP contribution in [-0.4, -0.2) is 28.0 Å². The number of amides is 1. The summed E-state index contributed by atoms with van der Waals surface area (Å²) in [4.78, 5) is 26.4. The number of aromatic nitrogens is 1. The third-order valence-corrected chi connectivity index (χ3v) is 2.34. The van der Waals surface area contributed by atoms with Gasteiger partial charge in [0, 0.05) is 18.5 Å². The number of carbonyl (C=O) groups excluding carboxylic acids is 1. The summed E-state index contributed by atoms with van der Waals surface area (Å²) in [5, 5.41) is 11.4. The molecule has 2 N–H and O–H groups in total. The Labute approximate surface area is 106 Å². The lowest BCUT2D eigenvalue weighted by molar-refractivity contribution is -0.142. The van der Waals surface area contributed by atoms with Crippen LogP contribution >= 0.6 is 0 Å². The largest absolute Gasteiger partial charge is 0.480 e. The molecule has 1 atom stereocenters. The average molecular weight is 248 g/mol. The zero-order chi connectivity index (χ0) is 13.5. The van der Waals surface area contributed by atoms with Gasteiger partial charge in [0.1, 0.15) is 6.04 Å². The molecule has 18 heavy (non-hydrogen) atoms. The number of nitrogens with one attached hydrogen (secondary N) is 1. The van der Waals surface area contributed by atoms with Gasteiger partial charge in [-0.25, -0.2) is 4.79 Å². The molecule has 1 aromatic heterocycles. The summed E-state index contributed by atoms with van der Waals surface area (Å²) in [6.45, 7) is 3.48. The summed E-state index contributed by atoms with van der Waals surface area (Å²) in [6, 6.07) is 2.68. The van der Waals surface area contributed by atoms with Crippen molar-refractivity contribution in [2.75, 3.05) is 0 Å². The average Bonchev–Trinajstić information content (AvgIpc) is 2.34. The summed E-state index contributed by atoms with van der Waals surface area (Å²) in [5.41, 5.74) is 0.782. The molecule has 0 aliphatic heterocycles. The number of carboxylic acid groups (broad SMARTS) is 1. The molecular weight excluding hydrogens is 232 g/mol. The van der Waals surface area contributed by atoms with Crippen molar-refractivity contribution in [2.24, 2.45) is 5.92 Å². The lowest BCUT2D eigenvalue weighted by Crippen LogP contribution is -2.43. The number of nitrogens with zero attached hydrogens (tertiary/aromatic N) is 1. The van der Waals surface area contributed by atoms with Gasteiger partial charge in [0.15, 0.2) is 0 Å². The number of hydrogen-bond donors (Lipinski definition) is 2. The van der Waals surface area contributed by atoms with Crippen LogP contribution in [0, 0.1) is 5.92 Å². The summed E-state index contributed by atoms with van der Waals surface area (Å²) >= 11 is 0. The molecule has 5 nitrogen and oxygen atoms in total. The van der Waals surface area contributed by atoms with Crippen LogP contribution < -0.4 is 5.32 Å². The molecule has 0 aliphatic carbocycles. The Balaban J connectivity index is 2.61. The molecule has 0 saturated carbocycles. The van der Waals surface area contributed by atoms with E-state index >= 15 is 0 Å². The van der Waals surface area contributed by atoms with Crippen molar-refractivity contribution in [2.45, 2.75) is 19.9 Å². The van der Waals surface area contributed by atoms with Crippen LogP contribution in [0.25, 0.3) is 6.08 Å². The van der Waals surface area contributed by atoms with Crippen LogP contribution in [0.2, 0.25) is 0 Å². The molecular formula is C13H16N2O3. The second kappa shape index (κ2) is 6.54. The maximum atomic E-state index is 11.6. The van der Waals surface area contributed by atoms with Gasteiger partial charge >= 0.3 is 5.97 Å². The first-order chi connectivity index (χ1) is 8.50. The van der Waals surface area contributed by atoms with Gasteiger partial charge in [0.2, 0.25) is 5.91 Å². The smallest absolute Gasteiger partial charge is 0.326 e. The van der Waals surface area contributed by atoms with Crippen LogP contribution in [0.3, 0.4) is 0 Å². The van der Waals surface area contributed by atoms with Crippen molar-refractivity contribution in [1.29, 1.82) is 0 Å². The SMILES string of the molecule is CC(C)[C@@H](NC(=O)C=Cc1cccnc1)C(=O)O. The topological polar surface area (TPSA) is 79.3 Å². The number of aliphatic carboxylic acids is 1. The predicted octanol–water partition coefficient (Wildman–Crippen LogP) is 1.32. The van der Waals surface area contributed by atoms with E-state index in [2.05, 4.69) is 10.3 Å². The zero-order valence-corrected chi connectivity index (χ0v) is 10.3. The van der Waals surface area contributed by atoms with Gasteiger partial charge in [0.05, 0.1) is 0 Å². The Morgan fingerprint density at radius 3 is 2.67 bits per heavy atom. The monoisotopic (exact) mass is 248 g/mol. The molecule has 0 radical (unpaired) electrons. The van der Waals surface area contributed by atoms with Gasteiger partial charge in [-0.05, 0) is 23.6 Å². The predicted molar refractivity (Wildman–Crippen MR) is 67.7 cm³/mol. The minimum Gasteiger partial charge on any atom is -0.480 e. The van der Waals surface area contributed by atoms with E-state index in [1.165, 1.54) is 6.08 Å². The number of pyridine rings is 1. The summed E-state index contributed by atoms with van der Waals surface area (Å²) in [6.07, 6.45) is 6.13. The van der Waals surface area contributed by atoms with Crippen LogP contribution in [0.5, 0.6) is 0 Å². The maximum absolute atomic E-state index is 11.6. The second-order valence-corrected chi connectivity index (χ2v) is 4.19. The van der Waals surface area contributed by atoms with Gasteiger partial charge in [0.25, 0.3) is 0 Å². The molecule has 0 bridgehead atoms. The first-order valence-corrected chi connectivity index (χ1v) is 5.62. The molecule has 1 rings (SSSR count). The van der Waals surface area contributed by atoms with Crippen LogP contribution in [0.1, 0.15) is 19.4 Å². The Bertz CT molecular complexity index is 441. The molecule has 0 spiro atoms. The Morgan fingerprint density at radius 1 is 1.44 bits per heavy atom. The standard InChI is InChI=1S/C13H16N2O3/c1-9(2)12(13(17)18)15-11(16)6-5-10-4-3-7-14-8-10/h3-9,12H,1-2H3,(H,15,16)(H,17,18)/t12-/m1/s1. The van der Waals surface area contributed by atoms with Crippen molar-refractivity contribution in [3.8, 4) is 0 Å². The second-order valence-electron chi connectivity index (χ2n) is 4.19.